The highest BCUT2D eigenvalue weighted by Crippen LogP contribution is 2.45. The molecule has 3 aromatic heterocycles. The first-order valence-corrected chi connectivity index (χ1v) is 12.9. The molecule has 2 saturated heterocycles. The summed E-state index contributed by atoms with van der Waals surface area (Å²) in [5, 5.41) is 41.5. The third-order valence-corrected chi connectivity index (χ3v) is 7.22. The number of rotatable bonds is 8. The number of hydrogen-bond donors (Lipinski definition) is 7. The largest absolute Gasteiger partial charge is 0.472 e. The Morgan fingerprint density at radius 1 is 0.923 bits per heavy atom. The number of nitrogens with two attached hydrogens (primary N) is 2. The SMILES string of the molecule is Nc1ccn([C@@H]2O[C@H](COP(=O)(O)OC[C@H]3O[C@@H](n4cnc5c(N)ncnc54)[C@H](O)[C@@H]3O)[C@@H](O)[C@H]2O)c(=O)n1. The highest BCUT2D eigenvalue weighted by Gasteiger charge is 2.47. The van der Waals surface area contributed by atoms with E-state index in [1.54, 1.807) is 0 Å². The molecule has 212 valence electrons. The molecule has 2 aliphatic rings. The minimum Gasteiger partial charge on any atom is -0.387 e. The fourth-order valence-corrected chi connectivity index (χ4v) is 4.99. The molecule has 0 aliphatic carbocycles. The zero-order valence-electron chi connectivity index (χ0n) is 19.8. The molecular formula is C19H25N8O11P. The summed E-state index contributed by atoms with van der Waals surface area (Å²) in [6.45, 7) is -1.40. The Kier molecular flexibility index (Phi) is 7.37. The molecule has 9 atom stereocenters. The first kappa shape index (κ1) is 27.5. The van der Waals surface area contributed by atoms with Crippen LogP contribution in [-0.4, -0.2) is 104 Å². The average Bonchev–Trinajstić information content (AvgIpc) is 3.53. The number of aliphatic hydroxyl groups excluding tert-OH is 4. The van der Waals surface area contributed by atoms with Gasteiger partial charge in [0.25, 0.3) is 0 Å². The molecule has 0 bridgehead atoms. The Balaban J connectivity index is 1.18. The first-order chi connectivity index (χ1) is 18.5. The quantitative estimate of drug-likeness (QED) is 0.130. The molecule has 2 fully saturated rings. The highest BCUT2D eigenvalue weighted by atomic mass is 31.2. The standard InChI is InChI=1S/C19H25N8O11P/c20-9-1-2-26(19(32)25-9)17-13(30)11(28)7(37-17)3-35-39(33,34)36-4-8-12(29)14(31)18(38-8)27-6-24-10-15(21)22-5-23-16(10)27/h1-2,5-8,11-14,17-18,28-31H,3-4H2,(H,33,34)(H2,20,25,32)(H2,21,22,23)/t7-,8-,11-,12-,13-,14-,17-,18-/m1/s1. The van der Waals surface area contributed by atoms with Crippen molar-refractivity contribution in [2.75, 3.05) is 24.7 Å². The van der Waals surface area contributed by atoms with Crippen LogP contribution in [0.1, 0.15) is 12.5 Å². The molecule has 0 amide bonds. The van der Waals surface area contributed by atoms with Crippen molar-refractivity contribution < 1.29 is 48.4 Å². The normalized spacial score (nSPS) is 32.5. The number of imidazole rings is 1. The van der Waals surface area contributed by atoms with Crippen LogP contribution in [0.25, 0.3) is 11.2 Å². The summed E-state index contributed by atoms with van der Waals surface area (Å²) in [6, 6.07) is 1.28. The monoisotopic (exact) mass is 572 g/mol. The summed E-state index contributed by atoms with van der Waals surface area (Å²) in [6.07, 6.45) is -7.69. The molecule has 0 radical (unpaired) electrons. The van der Waals surface area contributed by atoms with Crippen molar-refractivity contribution in [3.63, 3.8) is 0 Å². The molecule has 1 unspecified atom stereocenters. The fraction of sp³-hybridized carbons (Fsp3) is 0.526. The van der Waals surface area contributed by atoms with E-state index in [9.17, 15) is 34.7 Å². The van der Waals surface area contributed by atoms with Crippen molar-refractivity contribution >= 4 is 30.6 Å². The van der Waals surface area contributed by atoms with Gasteiger partial charge in [-0.25, -0.2) is 24.3 Å². The molecule has 20 heteroatoms. The first-order valence-electron chi connectivity index (χ1n) is 11.4. The number of anilines is 2. The zero-order chi connectivity index (χ0) is 28.1. The van der Waals surface area contributed by atoms with E-state index < -0.39 is 75.8 Å². The van der Waals surface area contributed by atoms with E-state index in [4.69, 9.17) is 30.0 Å². The lowest BCUT2D eigenvalue weighted by Gasteiger charge is -2.20. The number of fused-ring (bicyclic) bond motifs is 1. The van der Waals surface area contributed by atoms with Crippen molar-refractivity contribution in [3.05, 3.63) is 35.4 Å². The van der Waals surface area contributed by atoms with E-state index in [-0.39, 0.29) is 22.8 Å². The maximum atomic E-state index is 12.5. The van der Waals surface area contributed by atoms with Crippen molar-refractivity contribution in [3.8, 4) is 0 Å². The van der Waals surface area contributed by atoms with E-state index in [1.807, 2.05) is 0 Å². The van der Waals surface area contributed by atoms with Crippen LogP contribution in [0.15, 0.2) is 29.7 Å². The number of hydrogen-bond acceptors (Lipinski definition) is 16. The van der Waals surface area contributed by atoms with Gasteiger partial charge < -0.3 is 46.3 Å². The van der Waals surface area contributed by atoms with Gasteiger partial charge >= 0.3 is 13.5 Å². The van der Waals surface area contributed by atoms with Gasteiger partial charge in [0.05, 0.1) is 19.5 Å². The van der Waals surface area contributed by atoms with Gasteiger partial charge in [-0.2, -0.15) is 4.98 Å². The van der Waals surface area contributed by atoms with Crippen LogP contribution in [0, 0.1) is 0 Å². The molecule has 5 heterocycles. The van der Waals surface area contributed by atoms with Crippen LogP contribution in [0.5, 0.6) is 0 Å². The molecule has 0 saturated carbocycles. The van der Waals surface area contributed by atoms with Gasteiger partial charge in [0, 0.05) is 6.20 Å². The van der Waals surface area contributed by atoms with Crippen LogP contribution in [0.2, 0.25) is 0 Å². The van der Waals surface area contributed by atoms with Crippen molar-refractivity contribution in [1.82, 2.24) is 29.1 Å². The average molecular weight is 572 g/mol. The van der Waals surface area contributed by atoms with Crippen LogP contribution < -0.4 is 17.2 Å². The molecule has 0 aromatic carbocycles. The molecule has 39 heavy (non-hydrogen) atoms. The van der Waals surface area contributed by atoms with Gasteiger partial charge in [0.15, 0.2) is 23.9 Å². The number of phosphoric acid groups is 1. The number of nitrogens with zero attached hydrogens (tertiary/aromatic N) is 6. The second-order valence-electron chi connectivity index (χ2n) is 8.78. The van der Waals surface area contributed by atoms with Crippen LogP contribution in [0.3, 0.4) is 0 Å². The van der Waals surface area contributed by atoms with Crippen molar-refractivity contribution in [1.29, 1.82) is 0 Å². The predicted molar refractivity (Wildman–Crippen MR) is 126 cm³/mol. The highest BCUT2D eigenvalue weighted by molar-refractivity contribution is 7.47. The van der Waals surface area contributed by atoms with Gasteiger partial charge in [-0.3, -0.25) is 18.2 Å². The number of nitrogen functional groups attached to an aromatic ring is 2. The second-order valence-corrected chi connectivity index (χ2v) is 10.2. The van der Waals surface area contributed by atoms with Gasteiger partial charge in [-0.05, 0) is 6.07 Å². The van der Waals surface area contributed by atoms with E-state index in [0.717, 1.165) is 4.57 Å². The van der Waals surface area contributed by atoms with Gasteiger partial charge in [0.1, 0.15) is 54.3 Å². The lowest BCUT2D eigenvalue weighted by atomic mass is 10.1. The summed E-state index contributed by atoms with van der Waals surface area (Å²) < 4.78 is 35.5. The topological polar surface area (TPSA) is 286 Å². The van der Waals surface area contributed by atoms with Gasteiger partial charge in [-0.1, -0.05) is 0 Å². The lowest BCUT2D eigenvalue weighted by molar-refractivity contribution is -0.0626. The van der Waals surface area contributed by atoms with E-state index in [0.29, 0.717) is 0 Å². The summed E-state index contributed by atoms with van der Waals surface area (Å²) >= 11 is 0. The summed E-state index contributed by atoms with van der Waals surface area (Å²) in [4.78, 5) is 37.6. The zero-order valence-corrected chi connectivity index (χ0v) is 20.7. The lowest BCUT2D eigenvalue weighted by Crippen LogP contribution is -2.36. The number of ether oxygens (including phenoxy) is 2. The van der Waals surface area contributed by atoms with Crippen molar-refractivity contribution in [2.24, 2.45) is 0 Å². The fourth-order valence-electron chi connectivity index (χ4n) is 4.24. The van der Waals surface area contributed by atoms with Gasteiger partial charge in [0.2, 0.25) is 0 Å². The van der Waals surface area contributed by atoms with Crippen LogP contribution in [0.4, 0.5) is 11.6 Å². The minimum absolute atomic E-state index is 0.0604. The van der Waals surface area contributed by atoms with E-state index in [1.165, 1.54) is 29.5 Å². The number of phosphoric ester groups is 1. The van der Waals surface area contributed by atoms with Gasteiger partial charge in [-0.15, -0.1) is 0 Å². The summed E-state index contributed by atoms with van der Waals surface area (Å²) in [5.41, 5.74) is 10.8. The Labute approximate surface area is 217 Å². The summed E-state index contributed by atoms with van der Waals surface area (Å²) in [5.74, 6) is 0.0345. The van der Waals surface area contributed by atoms with Crippen LogP contribution in [-0.2, 0) is 23.1 Å². The minimum atomic E-state index is -4.82. The number of aliphatic hydroxyl groups is 4. The molecule has 9 N–H and O–H groups in total. The maximum absolute atomic E-state index is 12.5. The van der Waals surface area contributed by atoms with Crippen molar-refractivity contribution in [2.45, 2.75) is 49.1 Å². The smallest absolute Gasteiger partial charge is 0.387 e. The molecule has 0 spiro atoms. The maximum Gasteiger partial charge on any atom is 0.472 e. The number of aromatic nitrogens is 6. The molecule has 5 rings (SSSR count). The van der Waals surface area contributed by atoms with E-state index in [2.05, 4.69) is 19.9 Å². The molecular weight excluding hydrogens is 547 g/mol. The summed E-state index contributed by atoms with van der Waals surface area (Å²) in [7, 11) is -4.82. The predicted octanol–water partition coefficient (Wildman–Crippen LogP) is -3.38. The Morgan fingerprint density at radius 2 is 1.51 bits per heavy atom. The van der Waals surface area contributed by atoms with E-state index >= 15 is 0 Å². The second kappa shape index (κ2) is 10.5. The molecule has 3 aromatic rings. The Hall–Kier alpha value is -3.10. The Bertz CT molecular complexity index is 1450. The third-order valence-electron chi connectivity index (χ3n) is 6.27. The Morgan fingerprint density at radius 3 is 2.10 bits per heavy atom. The van der Waals surface area contributed by atoms with Crippen LogP contribution >= 0.6 is 7.82 Å². The molecule has 2 aliphatic heterocycles. The third kappa shape index (κ3) is 5.24. The molecule has 19 nitrogen and oxygen atoms in total.